The van der Waals surface area contributed by atoms with E-state index < -0.39 is 11.7 Å². The lowest BCUT2D eigenvalue weighted by Crippen LogP contribution is -2.08. The molecule has 0 aliphatic rings. The van der Waals surface area contributed by atoms with Gasteiger partial charge in [0, 0.05) is 18.1 Å². The molecule has 0 aliphatic carbocycles. The molecule has 0 radical (unpaired) electrons. The highest BCUT2D eigenvalue weighted by Crippen LogP contribution is 2.31. The SMILES string of the molecule is FC(F)(F)c1cnccc1CS. The number of hydrogen-bond acceptors (Lipinski definition) is 2. The number of alkyl halides is 3. The number of nitrogens with zero attached hydrogens (tertiary/aromatic N) is 1. The Bertz CT molecular complexity index is 272. The highest BCUT2D eigenvalue weighted by Gasteiger charge is 2.32. The second-order valence-corrected chi connectivity index (χ2v) is 2.50. The van der Waals surface area contributed by atoms with Crippen molar-refractivity contribution < 1.29 is 13.2 Å². The Morgan fingerprint density at radius 2 is 2.08 bits per heavy atom. The Labute approximate surface area is 73.0 Å². The molecule has 0 fully saturated rings. The van der Waals surface area contributed by atoms with Crippen molar-refractivity contribution in [2.75, 3.05) is 0 Å². The average molecular weight is 193 g/mol. The monoisotopic (exact) mass is 193 g/mol. The molecule has 0 aliphatic heterocycles. The zero-order valence-electron chi connectivity index (χ0n) is 5.97. The summed E-state index contributed by atoms with van der Waals surface area (Å²) in [7, 11) is 0. The second-order valence-electron chi connectivity index (χ2n) is 2.19. The van der Waals surface area contributed by atoms with E-state index in [9.17, 15) is 13.2 Å². The van der Waals surface area contributed by atoms with Gasteiger partial charge in [0.1, 0.15) is 0 Å². The van der Waals surface area contributed by atoms with Crippen molar-refractivity contribution in [2.24, 2.45) is 0 Å². The standard InChI is InChI=1S/C7H6F3NS/c8-7(9,10)6-3-11-2-1-5(6)4-12/h1-3,12H,4H2. The molecule has 1 nitrogen and oxygen atoms in total. The van der Waals surface area contributed by atoms with Gasteiger partial charge in [0.25, 0.3) is 0 Å². The summed E-state index contributed by atoms with van der Waals surface area (Å²) >= 11 is 3.78. The van der Waals surface area contributed by atoms with Crippen molar-refractivity contribution >= 4 is 12.6 Å². The quantitative estimate of drug-likeness (QED) is 0.676. The van der Waals surface area contributed by atoms with Crippen molar-refractivity contribution in [1.82, 2.24) is 4.98 Å². The van der Waals surface area contributed by atoms with Crippen molar-refractivity contribution in [3.8, 4) is 0 Å². The summed E-state index contributed by atoms with van der Waals surface area (Å²) in [6.45, 7) is 0. The summed E-state index contributed by atoms with van der Waals surface area (Å²) in [5.74, 6) is 0.0668. The molecule has 5 heteroatoms. The zero-order valence-corrected chi connectivity index (χ0v) is 6.86. The molecule has 0 aromatic carbocycles. The van der Waals surface area contributed by atoms with E-state index >= 15 is 0 Å². The van der Waals surface area contributed by atoms with Gasteiger partial charge in [-0.3, -0.25) is 4.98 Å². The molecule has 0 N–H and O–H groups in total. The van der Waals surface area contributed by atoms with Crippen LogP contribution in [0.4, 0.5) is 13.2 Å². The molecular formula is C7H6F3NS. The average Bonchev–Trinajstić information content (AvgIpc) is 2.03. The Hall–Kier alpha value is -0.710. The third-order valence-corrected chi connectivity index (χ3v) is 1.73. The minimum atomic E-state index is -4.33. The maximum Gasteiger partial charge on any atom is 0.418 e. The Morgan fingerprint density at radius 1 is 1.42 bits per heavy atom. The van der Waals surface area contributed by atoms with Crippen LogP contribution in [0.25, 0.3) is 0 Å². The van der Waals surface area contributed by atoms with Crippen LogP contribution < -0.4 is 0 Å². The zero-order chi connectivity index (χ0) is 9.19. The van der Waals surface area contributed by atoms with Crippen molar-refractivity contribution in [3.63, 3.8) is 0 Å². The van der Waals surface area contributed by atoms with E-state index in [1.54, 1.807) is 0 Å². The lowest BCUT2D eigenvalue weighted by molar-refractivity contribution is -0.138. The maximum atomic E-state index is 12.2. The van der Waals surface area contributed by atoms with Crippen LogP contribution in [0.1, 0.15) is 11.1 Å². The number of hydrogen-bond donors (Lipinski definition) is 1. The second kappa shape index (κ2) is 3.35. The van der Waals surface area contributed by atoms with Crippen LogP contribution in [0.2, 0.25) is 0 Å². The van der Waals surface area contributed by atoms with E-state index in [4.69, 9.17) is 0 Å². The molecule has 1 rings (SSSR count). The number of aromatic nitrogens is 1. The van der Waals surface area contributed by atoms with Gasteiger partial charge in [-0.1, -0.05) is 0 Å². The van der Waals surface area contributed by atoms with Gasteiger partial charge in [0.15, 0.2) is 0 Å². The molecule has 0 bridgehead atoms. The molecule has 12 heavy (non-hydrogen) atoms. The van der Waals surface area contributed by atoms with Gasteiger partial charge in [0.05, 0.1) is 5.56 Å². The Kier molecular flexibility index (Phi) is 2.62. The Morgan fingerprint density at radius 3 is 2.50 bits per heavy atom. The third kappa shape index (κ3) is 1.91. The van der Waals surface area contributed by atoms with Gasteiger partial charge in [-0.15, -0.1) is 0 Å². The minimum Gasteiger partial charge on any atom is -0.264 e. The fourth-order valence-electron chi connectivity index (χ4n) is 0.816. The molecule has 0 atom stereocenters. The molecule has 0 unspecified atom stereocenters. The summed E-state index contributed by atoms with van der Waals surface area (Å²) in [4.78, 5) is 3.41. The maximum absolute atomic E-state index is 12.2. The molecule has 0 saturated heterocycles. The molecule has 66 valence electrons. The van der Waals surface area contributed by atoms with Gasteiger partial charge >= 0.3 is 6.18 Å². The minimum absolute atomic E-state index is 0.0668. The molecule has 1 heterocycles. The van der Waals surface area contributed by atoms with Crippen LogP contribution >= 0.6 is 12.6 Å². The normalized spacial score (nSPS) is 11.7. The van der Waals surface area contributed by atoms with Gasteiger partial charge in [0.2, 0.25) is 0 Å². The molecule has 0 spiro atoms. The van der Waals surface area contributed by atoms with E-state index in [0.29, 0.717) is 0 Å². The number of halogens is 3. The largest absolute Gasteiger partial charge is 0.418 e. The lowest BCUT2D eigenvalue weighted by Gasteiger charge is -2.09. The van der Waals surface area contributed by atoms with Crippen LogP contribution in [0.15, 0.2) is 18.5 Å². The summed E-state index contributed by atoms with van der Waals surface area (Å²) in [5.41, 5.74) is -0.555. The topological polar surface area (TPSA) is 12.9 Å². The van der Waals surface area contributed by atoms with Crippen LogP contribution in [-0.2, 0) is 11.9 Å². The van der Waals surface area contributed by atoms with E-state index in [1.807, 2.05) is 0 Å². The molecule has 1 aromatic rings. The fraction of sp³-hybridized carbons (Fsp3) is 0.286. The fourth-order valence-corrected chi connectivity index (χ4v) is 1.09. The van der Waals surface area contributed by atoms with E-state index in [1.165, 1.54) is 12.3 Å². The van der Waals surface area contributed by atoms with E-state index in [-0.39, 0.29) is 11.3 Å². The summed E-state index contributed by atoms with van der Waals surface area (Å²) < 4.78 is 36.5. The van der Waals surface area contributed by atoms with Crippen LogP contribution in [0, 0.1) is 0 Å². The van der Waals surface area contributed by atoms with Gasteiger partial charge < -0.3 is 0 Å². The Balaban J connectivity index is 3.14. The smallest absolute Gasteiger partial charge is 0.264 e. The third-order valence-electron chi connectivity index (χ3n) is 1.39. The highest BCUT2D eigenvalue weighted by molar-refractivity contribution is 7.79. The number of thiol groups is 1. The van der Waals surface area contributed by atoms with Crippen molar-refractivity contribution in [2.45, 2.75) is 11.9 Å². The molecule has 1 aromatic heterocycles. The van der Waals surface area contributed by atoms with Crippen molar-refractivity contribution in [1.29, 1.82) is 0 Å². The molecule has 0 saturated carbocycles. The molecular weight excluding hydrogens is 187 g/mol. The van der Waals surface area contributed by atoms with Gasteiger partial charge in [-0.05, 0) is 11.6 Å². The van der Waals surface area contributed by atoms with E-state index in [0.717, 1.165) is 6.20 Å². The molecule has 0 amide bonds. The lowest BCUT2D eigenvalue weighted by atomic mass is 10.1. The van der Waals surface area contributed by atoms with Crippen LogP contribution in [0.3, 0.4) is 0 Å². The van der Waals surface area contributed by atoms with E-state index in [2.05, 4.69) is 17.6 Å². The van der Waals surface area contributed by atoms with Crippen LogP contribution in [-0.4, -0.2) is 4.98 Å². The van der Waals surface area contributed by atoms with Crippen LogP contribution in [0.5, 0.6) is 0 Å². The summed E-state index contributed by atoms with van der Waals surface area (Å²) in [6, 6.07) is 1.32. The summed E-state index contributed by atoms with van der Waals surface area (Å²) in [5, 5.41) is 0. The predicted octanol–water partition coefficient (Wildman–Crippen LogP) is 2.53. The highest BCUT2D eigenvalue weighted by atomic mass is 32.1. The van der Waals surface area contributed by atoms with Gasteiger partial charge in [-0.25, -0.2) is 0 Å². The first kappa shape index (κ1) is 9.38. The number of rotatable bonds is 1. The predicted molar refractivity (Wildman–Crippen MR) is 41.9 cm³/mol. The van der Waals surface area contributed by atoms with Gasteiger partial charge in [-0.2, -0.15) is 25.8 Å². The first-order valence-corrected chi connectivity index (χ1v) is 3.80. The van der Waals surface area contributed by atoms with Crippen molar-refractivity contribution in [3.05, 3.63) is 29.6 Å². The number of pyridine rings is 1. The first-order valence-electron chi connectivity index (χ1n) is 3.16. The summed E-state index contributed by atoms with van der Waals surface area (Å²) in [6.07, 6.45) is -2.20. The first-order chi connectivity index (χ1) is 5.55.